The molecule has 2 heterocycles. The first-order valence-electron chi connectivity index (χ1n) is 7.64. The predicted octanol–water partition coefficient (Wildman–Crippen LogP) is 2.69. The van der Waals surface area contributed by atoms with Crippen molar-refractivity contribution in [1.29, 1.82) is 0 Å². The molecule has 6 nitrogen and oxygen atoms in total. The number of ether oxygens (including phenoxy) is 1. The molecule has 2 rings (SSSR count). The molecule has 0 saturated heterocycles. The van der Waals surface area contributed by atoms with Crippen LogP contribution in [0.5, 0.6) is 0 Å². The van der Waals surface area contributed by atoms with Gasteiger partial charge in [0.05, 0.1) is 25.4 Å². The summed E-state index contributed by atoms with van der Waals surface area (Å²) in [6.07, 6.45) is 0. The van der Waals surface area contributed by atoms with Gasteiger partial charge >= 0.3 is 0 Å². The maximum absolute atomic E-state index is 5.13. The summed E-state index contributed by atoms with van der Waals surface area (Å²) in [5, 5.41) is 13.3. The second-order valence-electron chi connectivity index (χ2n) is 5.22. The molecule has 0 unspecified atom stereocenters. The van der Waals surface area contributed by atoms with Crippen molar-refractivity contribution in [2.24, 2.45) is 4.99 Å². The van der Waals surface area contributed by atoms with Crippen LogP contribution in [0.15, 0.2) is 22.5 Å². The maximum atomic E-state index is 5.13. The van der Waals surface area contributed by atoms with Gasteiger partial charge in [-0.25, -0.2) is 0 Å². The zero-order chi connectivity index (χ0) is 16.7. The van der Waals surface area contributed by atoms with E-state index in [4.69, 9.17) is 4.74 Å². The fourth-order valence-corrected chi connectivity index (χ4v) is 3.01. The molecule has 2 aromatic rings. The van der Waals surface area contributed by atoms with E-state index in [1.54, 1.807) is 25.5 Å². The number of halogens is 1. The van der Waals surface area contributed by atoms with Gasteiger partial charge in [0, 0.05) is 36.8 Å². The Balaban J connectivity index is 0.00000288. The highest BCUT2D eigenvalue weighted by atomic mass is 127. The summed E-state index contributed by atoms with van der Waals surface area (Å²) in [6, 6.07) is 4.16. The zero-order valence-electron chi connectivity index (χ0n) is 14.6. The highest BCUT2D eigenvalue weighted by molar-refractivity contribution is 14.0. The van der Waals surface area contributed by atoms with E-state index in [2.05, 4.69) is 45.2 Å². The molecule has 134 valence electrons. The molecule has 2 N–H and O–H groups in total. The summed E-state index contributed by atoms with van der Waals surface area (Å²) in [5.74, 6) is 0.793. The highest BCUT2D eigenvalue weighted by Crippen LogP contribution is 2.12. The highest BCUT2D eigenvalue weighted by Gasteiger charge is 2.11. The predicted molar refractivity (Wildman–Crippen MR) is 110 cm³/mol. The summed E-state index contributed by atoms with van der Waals surface area (Å²) in [4.78, 5) is 5.56. The second-order valence-corrected chi connectivity index (χ2v) is 6.26. The molecule has 0 aliphatic carbocycles. The summed E-state index contributed by atoms with van der Waals surface area (Å²) < 4.78 is 7.13. The van der Waals surface area contributed by atoms with E-state index in [0.29, 0.717) is 13.2 Å². The number of nitrogens with zero attached hydrogens (tertiary/aromatic N) is 3. The van der Waals surface area contributed by atoms with E-state index in [1.165, 1.54) is 16.1 Å². The Kier molecular flexibility index (Phi) is 9.30. The summed E-state index contributed by atoms with van der Waals surface area (Å²) >= 11 is 1.74. The molecule has 0 radical (unpaired) electrons. The van der Waals surface area contributed by atoms with E-state index in [-0.39, 0.29) is 24.0 Å². The minimum Gasteiger partial charge on any atom is -0.383 e. The van der Waals surface area contributed by atoms with Crippen LogP contribution in [0.4, 0.5) is 0 Å². The Hall–Kier alpha value is -1.13. The van der Waals surface area contributed by atoms with Crippen molar-refractivity contribution in [3.05, 3.63) is 39.3 Å². The van der Waals surface area contributed by atoms with E-state index in [1.807, 2.05) is 11.6 Å². The normalized spacial score (nSPS) is 11.2. The first-order chi connectivity index (χ1) is 11.2. The third-order valence-electron chi connectivity index (χ3n) is 3.70. The first kappa shape index (κ1) is 20.9. The molecule has 0 aromatic carbocycles. The number of guanidine groups is 1. The fraction of sp³-hybridized carbons (Fsp3) is 0.500. The van der Waals surface area contributed by atoms with Crippen LogP contribution in [0.25, 0.3) is 0 Å². The monoisotopic (exact) mass is 463 g/mol. The van der Waals surface area contributed by atoms with Gasteiger partial charge in [-0.2, -0.15) is 5.10 Å². The number of aliphatic imine (C=N–C) groups is 1. The van der Waals surface area contributed by atoms with Crippen molar-refractivity contribution in [3.63, 3.8) is 0 Å². The first-order valence-corrected chi connectivity index (χ1v) is 8.52. The van der Waals surface area contributed by atoms with Crippen molar-refractivity contribution >= 4 is 41.3 Å². The van der Waals surface area contributed by atoms with E-state index in [0.717, 1.165) is 24.7 Å². The zero-order valence-corrected chi connectivity index (χ0v) is 17.8. The van der Waals surface area contributed by atoms with Gasteiger partial charge in [0.25, 0.3) is 0 Å². The SMILES string of the molecule is CN=C(NCc1cccs1)NCc1c(C)nn(CCOC)c1C.I. The molecule has 0 bridgehead atoms. The number of methoxy groups -OCH3 is 1. The van der Waals surface area contributed by atoms with Crippen LogP contribution in [0.1, 0.15) is 21.8 Å². The van der Waals surface area contributed by atoms with Gasteiger partial charge in [-0.15, -0.1) is 35.3 Å². The van der Waals surface area contributed by atoms with E-state index >= 15 is 0 Å². The standard InChI is InChI=1S/C16H25N5OS.HI/c1-12-15(13(2)21(20-12)7-8-22-4)11-19-16(17-3)18-10-14-6-5-9-23-14;/h5-6,9H,7-8,10-11H2,1-4H3,(H2,17,18,19);1H. The molecule has 0 fully saturated rings. The van der Waals surface area contributed by atoms with Gasteiger partial charge in [-0.1, -0.05) is 6.07 Å². The molecule has 0 spiro atoms. The van der Waals surface area contributed by atoms with E-state index in [9.17, 15) is 0 Å². The van der Waals surface area contributed by atoms with Gasteiger partial charge in [-0.05, 0) is 25.3 Å². The second kappa shape index (κ2) is 10.7. The van der Waals surface area contributed by atoms with Gasteiger partial charge in [0.2, 0.25) is 0 Å². The average Bonchev–Trinajstić information content (AvgIpc) is 3.15. The topological polar surface area (TPSA) is 63.5 Å². The average molecular weight is 463 g/mol. The van der Waals surface area contributed by atoms with E-state index < -0.39 is 0 Å². The van der Waals surface area contributed by atoms with Crippen LogP contribution in [0, 0.1) is 13.8 Å². The summed E-state index contributed by atoms with van der Waals surface area (Å²) in [7, 11) is 3.49. The van der Waals surface area contributed by atoms with Gasteiger partial charge in [-0.3, -0.25) is 9.67 Å². The summed E-state index contributed by atoms with van der Waals surface area (Å²) in [6.45, 7) is 7.05. The number of thiophene rings is 1. The molecule has 0 atom stereocenters. The molecule has 0 saturated carbocycles. The molecule has 24 heavy (non-hydrogen) atoms. The fourth-order valence-electron chi connectivity index (χ4n) is 2.36. The van der Waals surface area contributed by atoms with Crippen molar-refractivity contribution < 1.29 is 4.74 Å². The van der Waals surface area contributed by atoms with Gasteiger partial charge in [0.15, 0.2) is 5.96 Å². The number of nitrogens with one attached hydrogen (secondary N) is 2. The minimum absolute atomic E-state index is 0. The van der Waals surface area contributed by atoms with Crippen LogP contribution in [-0.4, -0.2) is 36.5 Å². The quantitative estimate of drug-likeness (QED) is 0.377. The lowest BCUT2D eigenvalue weighted by Crippen LogP contribution is -2.36. The summed E-state index contributed by atoms with van der Waals surface area (Å²) in [5.41, 5.74) is 3.42. The Morgan fingerprint density at radius 1 is 1.33 bits per heavy atom. The van der Waals surface area contributed by atoms with Crippen LogP contribution < -0.4 is 10.6 Å². The third kappa shape index (κ3) is 5.75. The number of aromatic nitrogens is 2. The van der Waals surface area contributed by atoms with Crippen molar-refractivity contribution in [1.82, 2.24) is 20.4 Å². The molecular weight excluding hydrogens is 437 g/mol. The molecule has 0 aliphatic heterocycles. The number of aryl methyl sites for hydroxylation is 1. The Labute approximate surface area is 164 Å². The van der Waals surface area contributed by atoms with Crippen LogP contribution in [-0.2, 0) is 24.4 Å². The number of hydrogen-bond donors (Lipinski definition) is 2. The number of rotatable bonds is 7. The Morgan fingerprint density at radius 2 is 2.08 bits per heavy atom. The molecule has 0 amide bonds. The van der Waals surface area contributed by atoms with Crippen molar-refractivity contribution in [3.8, 4) is 0 Å². The third-order valence-corrected chi connectivity index (χ3v) is 4.58. The van der Waals surface area contributed by atoms with Crippen LogP contribution in [0.2, 0.25) is 0 Å². The van der Waals surface area contributed by atoms with Crippen molar-refractivity contribution in [2.45, 2.75) is 33.5 Å². The van der Waals surface area contributed by atoms with Crippen LogP contribution in [0.3, 0.4) is 0 Å². The Bertz CT molecular complexity index is 639. The largest absolute Gasteiger partial charge is 0.383 e. The van der Waals surface area contributed by atoms with Crippen molar-refractivity contribution in [2.75, 3.05) is 20.8 Å². The lowest BCUT2D eigenvalue weighted by molar-refractivity contribution is 0.182. The van der Waals surface area contributed by atoms with Crippen LogP contribution >= 0.6 is 35.3 Å². The molecule has 0 aliphatic rings. The molecular formula is C16H26IN5OS. The minimum atomic E-state index is 0. The number of hydrogen-bond acceptors (Lipinski definition) is 4. The van der Waals surface area contributed by atoms with Gasteiger partial charge in [0.1, 0.15) is 0 Å². The molecule has 8 heteroatoms. The Morgan fingerprint density at radius 3 is 2.71 bits per heavy atom. The lowest BCUT2D eigenvalue weighted by atomic mass is 10.2. The maximum Gasteiger partial charge on any atom is 0.191 e. The smallest absolute Gasteiger partial charge is 0.191 e. The molecule has 2 aromatic heterocycles. The van der Waals surface area contributed by atoms with Gasteiger partial charge < -0.3 is 15.4 Å². The lowest BCUT2D eigenvalue weighted by Gasteiger charge is -2.11.